The lowest BCUT2D eigenvalue weighted by atomic mass is 10.1. The molecule has 28 heavy (non-hydrogen) atoms. The van der Waals surface area contributed by atoms with Crippen LogP contribution in [0, 0.1) is 5.92 Å². The Morgan fingerprint density at radius 3 is 2.79 bits per heavy atom. The van der Waals surface area contributed by atoms with Gasteiger partial charge >= 0.3 is 0 Å². The molecule has 0 bridgehead atoms. The van der Waals surface area contributed by atoms with Crippen molar-refractivity contribution in [2.24, 2.45) is 5.92 Å². The Kier molecular flexibility index (Phi) is 7.06. The minimum absolute atomic E-state index is 0.0461. The van der Waals surface area contributed by atoms with Gasteiger partial charge in [-0.2, -0.15) is 0 Å². The van der Waals surface area contributed by atoms with Gasteiger partial charge in [-0.1, -0.05) is 18.2 Å². The third-order valence-corrected chi connectivity index (χ3v) is 5.92. The Morgan fingerprint density at radius 2 is 2.04 bits per heavy atom. The lowest BCUT2D eigenvalue weighted by molar-refractivity contribution is -0.125. The number of anilines is 1. The zero-order chi connectivity index (χ0) is 19.9. The van der Waals surface area contributed by atoms with E-state index in [-0.39, 0.29) is 23.8 Å². The van der Waals surface area contributed by atoms with Gasteiger partial charge in [0.25, 0.3) is 0 Å². The molecule has 1 aromatic carbocycles. The first-order chi connectivity index (χ1) is 13.5. The number of ether oxygens (including phenoxy) is 1. The first-order valence-electron chi connectivity index (χ1n) is 9.65. The standard InChI is InChI=1S/C21H27N3O3S/c1-3-27-20-10-9-18(28-20)15(2)22-21(26)16-11-12-24(13-16)14-19(25)23-17-7-5-4-6-8-17/h4-10,15-16H,3,11-14H2,1-2H3,(H,22,26)(H,23,25)/t15-,16-/m1/s1. The van der Waals surface area contributed by atoms with Gasteiger partial charge < -0.3 is 15.4 Å². The number of hydrogen-bond acceptors (Lipinski definition) is 5. The van der Waals surface area contributed by atoms with Crippen LogP contribution in [-0.4, -0.2) is 43.0 Å². The maximum Gasteiger partial charge on any atom is 0.238 e. The highest BCUT2D eigenvalue weighted by molar-refractivity contribution is 7.13. The molecule has 0 saturated carbocycles. The van der Waals surface area contributed by atoms with Crippen LogP contribution in [0.3, 0.4) is 0 Å². The Balaban J connectivity index is 1.45. The maximum absolute atomic E-state index is 12.6. The van der Waals surface area contributed by atoms with Crippen molar-refractivity contribution >= 4 is 28.8 Å². The van der Waals surface area contributed by atoms with E-state index < -0.39 is 0 Å². The highest BCUT2D eigenvalue weighted by atomic mass is 32.1. The maximum atomic E-state index is 12.6. The average molecular weight is 402 g/mol. The molecule has 1 fully saturated rings. The number of rotatable bonds is 8. The smallest absolute Gasteiger partial charge is 0.238 e. The molecule has 0 spiro atoms. The van der Waals surface area contributed by atoms with Gasteiger partial charge in [0.1, 0.15) is 0 Å². The number of likely N-dealkylation sites (tertiary alicyclic amines) is 1. The summed E-state index contributed by atoms with van der Waals surface area (Å²) in [6, 6.07) is 13.3. The third-order valence-electron chi connectivity index (χ3n) is 4.74. The zero-order valence-corrected chi connectivity index (χ0v) is 17.1. The predicted molar refractivity (Wildman–Crippen MR) is 112 cm³/mol. The van der Waals surface area contributed by atoms with Crippen molar-refractivity contribution in [1.82, 2.24) is 10.2 Å². The van der Waals surface area contributed by atoms with Gasteiger partial charge in [-0.05, 0) is 51.1 Å². The molecule has 6 nitrogen and oxygen atoms in total. The van der Waals surface area contributed by atoms with Crippen LogP contribution >= 0.6 is 11.3 Å². The quantitative estimate of drug-likeness (QED) is 0.712. The molecule has 2 N–H and O–H groups in total. The van der Waals surface area contributed by atoms with Gasteiger partial charge in [0.05, 0.1) is 25.1 Å². The molecule has 2 aromatic rings. The fraction of sp³-hybridized carbons (Fsp3) is 0.429. The molecule has 1 aromatic heterocycles. The van der Waals surface area contributed by atoms with E-state index in [0.29, 0.717) is 19.7 Å². The van der Waals surface area contributed by atoms with Crippen molar-refractivity contribution in [3.05, 3.63) is 47.3 Å². The van der Waals surface area contributed by atoms with Crippen molar-refractivity contribution in [3.63, 3.8) is 0 Å². The van der Waals surface area contributed by atoms with Crippen LogP contribution < -0.4 is 15.4 Å². The van der Waals surface area contributed by atoms with Crippen molar-refractivity contribution in [3.8, 4) is 5.06 Å². The van der Waals surface area contributed by atoms with Crippen LogP contribution in [0.1, 0.15) is 31.2 Å². The second-order valence-corrected chi connectivity index (χ2v) is 8.03. The van der Waals surface area contributed by atoms with E-state index in [9.17, 15) is 9.59 Å². The lowest BCUT2D eigenvalue weighted by Crippen LogP contribution is -2.36. The molecule has 1 aliphatic rings. The largest absolute Gasteiger partial charge is 0.484 e. The number of carbonyl (C=O) groups excluding carboxylic acids is 2. The first kappa shape index (κ1) is 20.4. The van der Waals surface area contributed by atoms with Gasteiger partial charge in [0, 0.05) is 17.1 Å². The number of amides is 2. The van der Waals surface area contributed by atoms with Gasteiger partial charge in [-0.3, -0.25) is 14.5 Å². The summed E-state index contributed by atoms with van der Waals surface area (Å²) < 4.78 is 5.50. The van der Waals surface area contributed by atoms with Crippen LogP contribution in [0.5, 0.6) is 5.06 Å². The Labute approximate surface area is 169 Å². The fourth-order valence-corrected chi connectivity index (χ4v) is 4.22. The monoisotopic (exact) mass is 401 g/mol. The molecule has 0 radical (unpaired) electrons. The van der Waals surface area contributed by atoms with E-state index in [4.69, 9.17) is 4.74 Å². The summed E-state index contributed by atoms with van der Waals surface area (Å²) in [7, 11) is 0. The molecular formula is C21H27N3O3S. The molecule has 7 heteroatoms. The molecule has 2 heterocycles. The van der Waals surface area contributed by atoms with Crippen molar-refractivity contribution in [2.75, 3.05) is 31.6 Å². The topological polar surface area (TPSA) is 70.7 Å². The highest BCUT2D eigenvalue weighted by Gasteiger charge is 2.30. The van der Waals surface area contributed by atoms with Crippen LogP contribution in [0.2, 0.25) is 0 Å². The summed E-state index contributed by atoms with van der Waals surface area (Å²) in [6.07, 6.45) is 0.770. The number of para-hydroxylation sites is 1. The summed E-state index contributed by atoms with van der Waals surface area (Å²) in [5.74, 6) is -0.0919. The summed E-state index contributed by atoms with van der Waals surface area (Å²) in [5, 5.41) is 6.85. The van der Waals surface area contributed by atoms with Crippen LogP contribution in [-0.2, 0) is 9.59 Å². The van der Waals surface area contributed by atoms with E-state index in [0.717, 1.165) is 28.6 Å². The normalized spacial score (nSPS) is 17.9. The van der Waals surface area contributed by atoms with Crippen LogP contribution in [0.15, 0.2) is 42.5 Å². The molecule has 1 saturated heterocycles. The minimum Gasteiger partial charge on any atom is -0.484 e. The average Bonchev–Trinajstić information content (AvgIpc) is 3.32. The van der Waals surface area contributed by atoms with Gasteiger partial charge in [-0.25, -0.2) is 0 Å². The molecule has 3 rings (SSSR count). The van der Waals surface area contributed by atoms with E-state index in [1.807, 2.05) is 61.2 Å². The molecule has 150 valence electrons. The van der Waals surface area contributed by atoms with E-state index in [2.05, 4.69) is 10.6 Å². The second-order valence-electron chi connectivity index (χ2n) is 6.96. The van der Waals surface area contributed by atoms with Gasteiger partial charge in [0.2, 0.25) is 11.8 Å². The molecular weight excluding hydrogens is 374 g/mol. The molecule has 0 unspecified atom stereocenters. The number of benzene rings is 1. The summed E-state index contributed by atoms with van der Waals surface area (Å²) in [5.41, 5.74) is 0.789. The summed E-state index contributed by atoms with van der Waals surface area (Å²) in [6.45, 7) is 6.24. The highest BCUT2D eigenvalue weighted by Crippen LogP contribution is 2.29. The van der Waals surface area contributed by atoms with Crippen LogP contribution in [0.25, 0.3) is 0 Å². The molecule has 0 aliphatic carbocycles. The second kappa shape index (κ2) is 9.71. The molecule has 1 aliphatic heterocycles. The van der Waals surface area contributed by atoms with Gasteiger partial charge in [0.15, 0.2) is 5.06 Å². The van der Waals surface area contributed by atoms with Gasteiger partial charge in [-0.15, -0.1) is 11.3 Å². The van der Waals surface area contributed by atoms with Crippen LogP contribution in [0.4, 0.5) is 5.69 Å². The predicted octanol–water partition coefficient (Wildman–Crippen LogP) is 3.28. The Bertz CT molecular complexity index is 793. The minimum atomic E-state index is -0.0849. The number of thiophene rings is 1. The molecule has 2 amide bonds. The Morgan fingerprint density at radius 1 is 1.25 bits per heavy atom. The lowest BCUT2D eigenvalue weighted by Gasteiger charge is -2.17. The Hall–Kier alpha value is -2.38. The number of nitrogens with zero attached hydrogens (tertiary/aromatic N) is 1. The van der Waals surface area contributed by atoms with Crippen molar-refractivity contribution in [2.45, 2.75) is 26.3 Å². The number of nitrogens with one attached hydrogen (secondary N) is 2. The third kappa shape index (κ3) is 5.56. The number of hydrogen-bond donors (Lipinski definition) is 2. The van der Waals surface area contributed by atoms with E-state index >= 15 is 0 Å². The molecule has 2 atom stereocenters. The fourth-order valence-electron chi connectivity index (χ4n) is 3.30. The SMILES string of the molecule is CCOc1ccc([C@@H](C)NC(=O)[C@@H]2CCN(CC(=O)Nc3ccccc3)C2)s1. The summed E-state index contributed by atoms with van der Waals surface area (Å²) in [4.78, 5) is 27.9. The van der Waals surface area contributed by atoms with E-state index in [1.165, 1.54) is 0 Å². The van der Waals surface area contributed by atoms with Crippen molar-refractivity contribution in [1.29, 1.82) is 0 Å². The zero-order valence-electron chi connectivity index (χ0n) is 16.3. The van der Waals surface area contributed by atoms with Crippen molar-refractivity contribution < 1.29 is 14.3 Å². The number of carbonyl (C=O) groups is 2. The van der Waals surface area contributed by atoms with E-state index in [1.54, 1.807) is 11.3 Å². The summed E-state index contributed by atoms with van der Waals surface area (Å²) >= 11 is 1.56. The first-order valence-corrected chi connectivity index (χ1v) is 10.5.